The van der Waals surface area contributed by atoms with E-state index in [1.165, 1.54) is 0 Å². The molecule has 0 spiro atoms. The van der Waals surface area contributed by atoms with Crippen LogP contribution in [0.25, 0.3) is 0 Å². The van der Waals surface area contributed by atoms with Gasteiger partial charge in [0.05, 0.1) is 11.4 Å². The molecule has 0 aromatic heterocycles. The summed E-state index contributed by atoms with van der Waals surface area (Å²) < 4.78 is 1.63. The van der Waals surface area contributed by atoms with E-state index in [4.69, 9.17) is 5.84 Å². The molecule has 0 heterocycles. The lowest BCUT2D eigenvalue weighted by Crippen LogP contribution is -2.14. The van der Waals surface area contributed by atoms with Crippen molar-refractivity contribution in [1.29, 1.82) is 0 Å². The van der Waals surface area contributed by atoms with Gasteiger partial charge in [-0.1, -0.05) is 6.07 Å². The number of anilines is 2. The highest BCUT2D eigenvalue weighted by Crippen LogP contribution is 2.31. The number of aryl methyl sites for hydroxylation is 1. The SMILES string of the molecule is Cc1cc(C(=O)Nc2c(Br)cccc2Br)ccc1NN. The molecule has 0 fully saturated rings. The number of amides is 1. The summed E-state index contributed by atoms with van der Waals surface area (Å²) in [5.74, 6) is 5.20. The van der Waals surface area contributed by atoms with Gasteiger partial charge in [0.25, 0.3) is 5.91 Å². The Morgan fingerprint density at radius 2 is 1.80 bits per heavy atom. The Hall–Kier alpha value is -1.37. The third-order valence-corrected chi connectivity index (χ3v) is 4.17. The predicted molar refractivity (Wildman–Crippen MR) is 88.8 cm³/mol. The molecule has 6 heteroatoms. The summed E-state index contributed by atoms with van der Waals surface area (Å²) in [6.45, 7) is 1.89. The van der Waals surface area contributed by atoms with E-state index in [-0.39, 0.29) is 5.91 Å². The molecule has 0 saturated heterocycles. The van der Waals surface area contributed by atoms with Gasteiger partial charge in [0, 0.05) is 14.5 Å². The van der Waals surface area contributed by atoms with Gasteiger partial charge in [-0.05, 0) is 74.7 Å². The van der Waals surface area contributed by atoms with Gasteiger partial charge >= 0.3 is 0 Å². The van der Waals surface area contributed by atoms with Crippen LogP contribution >= 0.6 is 31.9 Å². The average Bonchev–Trinajstić information content (AvgIpc) is 2.42. The Morgan fingerprint density at radius 3 is 2.35 bits per heavy atom. The zero-order chi connectivity index (χ0) is 14.7. The van der Waals surface area contributed by atoms with E-state index < -0.39 is 0 Å². The van der Waals surface area contributed by atoms with Crippen molar-refractivity contribution in [1.82, 2.24) is 0 Å². The lowest BCUT2D eigenvalue weighted by atomic mass is 10.1. The van der Waals surface area contributed by atoms with E-state index in [0.717, 1.165) is 20.2 Å². The molecule has 0 radical (unpaired) electrons. The number of carbonyl (C=O) groups excluding carboxylic acids is 1. The normalized spacial score (nSPS) is 10.2. The zero-order valence-corrected chi connectivity index (χ0v) is 13.9. The largest absolute Gasteiger partial charge is 0.324 e. The average molecular weight is 399 g/mol. The zero-order valence-electron chi connectivity index (χ0n) is 10.7. The van der Waals surface area contributed by atoms with E-state index >= 15 is 0 Å². The fourth-order valence-corrected chi connectivity index (χ4v) is 2.97. The smallest absolute Gasteiger partial charge is 0.255 e. The number of hydrogen-bond acceptors (Lipinski definition) is 3. The fraction of sp³-hybridized carbons (Fsp3) is 0.0714. The van der Waals surface area contributed by atoms with Crippen molar-refractivity contribution >= 4 is 49.1 Å². The molecule has 0 atom stereocenters. The van der Waals surface area contributed by atoms with E-state index in [1.807, 2.05) is 25.1 Å². The highest BCUT2D eigenvalue weighted by molar-refractivity contribution is 9.11. The van der Waals surface area contributed by atoms with E-state index in [0.29, 0.717) is 11.3 Å². The Balaban J connectivity index is 2.26. The summed E-state index contributed by atoms with van der Waals surface area (Å²) in [6.07, 6.45) is 0. The first kappa shape index (κ1) is 15.0. The molecule has 1 amide bonds. The van der Waals surface area contributed by atoms with Crippen molar-refractivity contribution in [3.05, 3.63) is 56.5 Å². The summed E-state index contributed by atoms with van der Waals surface area (Å²) in [5.41, 5.74) is 5.56. The number of para-hydroxylation sites is 1. The molecule has 2 rings (SSSR count). The molecule has 0 aliphatic heterocycles. The number of rotatable bonds is 3. The number of nitrogens with one attached hydrogen (secondary N) is 2. The number of carbonyl (C=O) groups is 1. The first-order valence-electron chi connectivity index (χ1n) is 5.85. The van der Waals surface area contributed by atoms with Gasteiger partial charge in [-0.3, -0.25) is 10.6 Å². The van der Waals surface area contributed by atoms with Crippen LogP contribution in [-0.4, -0.2) is 5.91 Å². The minimum absolute atomic E-state index is 0.177. The van der Waals surface area contributed by atoms with Gasteiger partial charge in [-0.25, -0.2) is 0 Å². The molecular weight excluding hydrogens is 386 g/mol. The number of hydrazine groups is 1. The van der Waals surface area contributed by atoms with Crippen molar-refractivity contribution in [3.63, 3.8) is 0 Å². The van der Waals surface area contributed by atoms with E-state index in [1.54, 1.807) is 18.2 Å². The Labute approximate surface area is 134 Å². The van der Waals surface area contributed by atoms with E-state index in [9.17, 15) is 4.79 Å². The molecule has 2 aromatic rings. The number of nitrogen functional groups attached to an aromatic ring is 1. The summed E-state index contributed by atoms with van der Waals surface area (Å²) in [4.78, 5) is 12.3. The highest BCUT2D eigenvalue weighted by atomic mass is 79.9. The molecule has 4 nitrogen and oxygen atoms in total. The standard InChI is InChI=1S/C14H13Br2N3O/c1-8-7-9(5-6-12(8)19-17)14(20)18-13-10(15)3-2-4-11(13)16/h2-7,19H,17H2,1H3,(H,18,20). The van der Waals surface area contributed by atoms with Crippen LogP contribution in [0.15, 0.2) is 45.3 Å². The van der Waals surface area contributed by atoms with Crippen molar-refractivity contribution in [2.75, 3.05) is 10.7 Å². The van der Waals surface area contributed by atoms with Crippen LogP contribution in [0, 0.1) is 6.92 Å². The molecule has 4 N–H and O–H groups in total. The minimum Gasteiger partial charge on any atom is -0.324 e. The second-order valence-corrected chi connectivity index (χ2v) is 5.93. The maximum atomic E-state index is 12.3. The first-order chi connectivity index (χ1) is 9.52. The molecule has 2 aromatic carbocycles. The van der Waals surface area contributed by atoms with Crippen molar-refractivity contribution in [2.24, 2.45) is 5.84 Å². The van der Waals surface area contributed by atoms with Crippen LogP contribution in [0.2, 0.25) is 0 Å². The monoisotopic (exact) mass is 397 g/mol. The summed E-state index contributed by atoms with van der Waals surface area (Å²) >= 11 is 6.83. The maximum absolute atomic E-state index is 12.3. The van der Waals surface area contributed by atoms with Crippen molar-refractivity contribution < 1.29 is 4.79 Å². The molecule has 0 saturated carbocycles. The number of hydrogen-bond donors (Lipinski definition) is 3. The highest BCUT2D eigenvalue weighted by Gasteiger charge is 2.11. The van der Waals surface area contributed by atoms with Gasteiger partial charge in [-0.2, -0.15) is 0 Å². The van der Waals surface area contributed by atoms with E-state index in [2.05, 4.69) is 42.6 Å². The Kier molecular flexibility index (Phi) is 4.80. The van der Waals surface area contributed by atoms with Gasteiger partial charge in [0.2, 0.25) is 0 Å². The molecular formula is C14H13Br2N3O. The number of halogens is 2. The molecule has 0 aliphatic carbocycles. The maximum Gasteiger partial charge on any atom is 0.255 e. The summed E-state index contributed by atoms with van der Waals surface area (Å²) in [6, 6.07) is 10.9. The van der Waals surface area contributed by atoms with Crippen LogP contribution in [0.3, 0.4) is 0 Å². The topological polar surface area (TPSA) is 67.2 Å². The summed E-state index contributed by atoms with van der Waals surface area (Å²) in [5, 5.41) is 2.88. The lowest BCUT2D eigenvalue weighted by Gasteiger charge is -2.11. The quantitative estimate of drug-likeness (QED) is 0.539. The third kappa shape index (κ3) is 3.20. The van der Waals surface area contributed by atoms with Gasteiger partial charge in [-0.15, -0.1) is 0 Å². The van der Waals surface area contributed by atoms with Crippen molar-refractivity contribution in [2.45, 2.75) is 6.92 Å². The Morgan fingerprint density at radius 1 is 1.15 bits per heavy atom. The molecule has 0 unspecified atom stereocenters. The van der Waals surface area contributed by atoms with Gasteiger partial charge in [0.15, 0.2) is 0 Å². The van der Waals surface area contributed by atoms with Crippen LogP contribution < -0.4 is 16.6 Å². The van der Waals surface area contributed by atoms with Crippen LogP contribution in [0.4, 0.5) is 11.4 Å². The Bertz CT molecular complexity index is 639. The van der Waals surface area contributed by atoms with Gasteiger partial charge < -0.3 is 10.7 Å². The molecule has 0 aliphatic rings. The minimum atomic E-state index is -0.177. The first-order valence-corrected chi connectivity index (χ1v) is 7.44. The van der Waals surface area contributed by atoms with Crippen LogP contribution in [0.5, 0.6) is 0 Å². The number of benzene rings is 2. The molecule has 104 valence electrons. The third-order valence-electron chi connectivity index (χ3n) is 2.85. The molecule has 0 bridgehead atoms. The lowest BCUT2D eigenvalue weighted by molar-refractivity contribution is 0.102. The second-order valence-electron chi connectivity index (χ2n) is 4.22. The van der Waals surface area contributed by atoms with Gasteiger partial charge in [0.1, 0.15) is 0 Å². The summed E-state index contributed by atoms with van der Waals surface area (Å²) in [7, 11) is 0. The number of nitrogens with two attached hydrogens (primary N) is 1. The van der Waals surface area contributed by atoms with Crippen molar-refractivity contribution in [3.8, 4) is 0 Å². The molecule has 20 heavy (non-hydrogen) atoms. The van der Waals surface area contributed by atoms with Crippen LogP contribution in [-0.2, 0) is 0 Å². The second kappa shape index (κ2) is 6.39. The predicted octanol–water partition coefficient (Wildman–Crippen LogP) is 4.06. The fourth-order valence-electron chi connectivity index (χ4n) is 1.77. The van der Waals surface area contributed by atoms with Crippen LogP contribution in [0.1, 0.15) is 15.9 Å².